The molecule has 14 heavy (non-hydrogen) atoms. The zero-order valence-electron chi connectivity index (χ0n) is 9.46. The van der Waals surface area contributed by atoms with E-state index in [0.717, 1.165) is 22.3 Å². The Kier molecular flexibility index (Phi) is 3.25. The Morgan fingerprint density at radius 1 is 1.00 bits per heavy atom. The maximum Gasteiger partial charge on any atom is 0.113 e. The molecule has 0 saturated heterocycles. The predicted molar refractivity (Wildman–Crippen MR) is 64.4 cm³/mol. The highest BCUT2D eigenvalue weighted by atomic mass is 14.6. The monoisotopic (exact) mass is 187 g/mol. The maximum atomic E-state index is 6.10. The van der Waals surface area contributed by atoms with Gasteiger partial charge in [0.05, 0.1) is 0 Å². The van der Waals surface area contributed by atoms with Gasteiger partial charge in [-0.1, -0.05) is 45.3 Å². The Morgan fingerprint density at radius 2 is 1.36 bits per heavy atom. The third-order valence-corrected chi connectivity index (χ3v) is 2.51. The number of hydrogen-bond acceptors (Lipinski definition) is 1. The molecule has 0 unspecified atom stereocenters. The van der Waals surface area contributed by atoms with E-state index in [0.29, 0.717) is 11.8 Å². The number of nitrogens with two attached hydrogens (primary N) is 1. The van der Waals surface area contributed by atoms with Crippen molar-refractivity contribution in [2.24, 2.45) is 0 Å². The largest absolute Gasteiger partial charge is 0.398 e. The first-order chi connectivity index (χ1) is 6.43. The van der Waals surface area contributed by atoms with Crippen LogP contribution in [0.25, 0.3) is 0 Å². The molecular formula is C12H18BN. The van der Waals surface area contributed by atoms with Gasteiger partial charge in [-0.2, -0.15) is 0 Å². The summed E-state index contributed by atoms with van der Waals surface area (Å²) in [6.07, 6.45) is 0. The molecule has 0 aliphatic rings. The zero-order valence-corrected chi connectivity index (χ0v) is 9.46. The van der Waals surface area contributed by atoms with Crippen molar-refractivity contribution in [3.05, 3.63) is 23.3 Å². The molecule has 1 aromatic rings. The molecule has 1 nitrogen and oxygen atoms in total. The maximum absolute atomic E-state index is 6.10. The van der Waals surface area contributed by atoms with Crippen LogP contribution >= 0.6 is 0 Å². The lowest BCUT2D eigenvalue weighted by Crippen LogP contribution is -2.12. The highest BCUT2D eigenvalue weighted by molar-refractivity contribution is 6.32. The molecule has 0 heterocycles. The van der Waals surface area contributed by atoms with Gasteiger partial charge in [-0.05, 0) is 23.0 Å². The molecule has 0 aliphatic carbocycles. The first-order valence-corrected chi connectivity index (χ1v) is 5.12. The van der Waals surface area contributed by atoms with E-state index in [2.05, 4.69) is 27.7 Å². The minimum atomic E-state index is 0.427. The van der Waals surface area contributed by atoms with Gasteiger partial charge in [0.2, 0.25) is 0 Å². The fraction of sp³-hybridized carbons (Fsp3) is 0.500. The van der Waals surface area contributed by atoms with E-state index in [1.807, 2.05) is 12.1 Å². The van der Waals surface area contributed by atoms with E-state index in [9.17, 15) is 0 Å². The van der Waals surface area contributed by atoms with Gasteiger partial charge >= 0.3 is 0 Å². The fourth-order valence-electron chi connectivity index (χ4n) is 1.68. The van der Waals surface area contributed by atoms with Crippen LogP contribution in [-0.4, -0.2) is 7.85 Å². The van der Waals surface area contributed by atoms with Crippen LogP contribution in [0, 0.1) is 0 Å². The molecule has 0 aromatic heterocycles. The smallest absolute Gasteiger partial charge is 0.113 e. The van der Waals surface area contributed by atoms with Gasteiger partial charge in [0, 0.05) is 5.69 Å². The predicted octanol–water partition coefficient (Wildman–Crippen LogP) is 2.31. The molecule has 2 radical (unpaired) electrons. The van der Waals surface area contributed by atoms with E-state index in [1.54, 1.807) is 0 Å². The summed E-state index contributed by atoms with van der Waals surface area (Å²) in [6.45, 7) is 8.54. The summed E-state index contributed by atoms with van der Waals surface area (Å²) in [5.41, 5.74) is 10.1. The Labute approximate surface area is 88.1 Å². The van der Waals surface area contributed by atoms with Gasteiger partial charge in [-0.25, -0.2) is 0 Å². The van der Waals surface area contributed by atoms with Gasteiger partial charge < -0.3 is 5.73 Å². The summed E-state index contributed by atoms with van der Waals surface area (Å²) in [5.74, 6) is 0.854. The molecule has 0 amide bonds. The van der Waals surface area contributed by atoms with Crippen LogP contribution in [0.5, 0.6) is 0 Å². The number of benzene rings is 1. The van der Waals surface area contributed by atoms with Crippen LogP contribution in [0.4, 0.5) is 5.69 Å². The number of nitrogen functional groups attached to an aromatic ring is 1. The molecule has 1 aromatic carbocycles. The van der Waals surface area contributed by atoms with Crippen molar-refractivity contribution in [1.82, 2.24) is 0 Å². The number of rotatable bonds is 2. The van der Waals surface area contributed by atoms with Crippen LogP contribution in [0.15, 0.2) is 12.1 Å². The highest BCUT2D eigenvalue weighted by Gasteiger charge is 2.11. The van der Waals surface area contributed by atoms with Crippen molar-refractivity contribution in [2.75, 3.05) is 5.73 Å². The second-order valence-corrected chi connectivity index (χ2v) is 4.42. The first kappa shape index (κ1) is 11.2. The second kappa shape index (κ2) is 4.08. The van der Waals surface area contributed by atoms with Crippen molar-refractivity contribution >= 4 is 19.0 Å². The lowest BCUT2D eigenvalue weighted by Gasteiger charge is -2.17. The van der Waals surface area contributed by atoms with Gasteiger partial charge in [0.15, 0.2) is 0 Å². The number of anilines is 1. The second-order valence-electron chi connectivity index (χ2n) is 4.42. The molecule has 0 atom stereocenters. The Morgan fingerprint density at radius 3 is 1.64 bits per heavy atom. The van der Waals surface area contributed by atoms with Crippen molar-refractivity contribution in [3.63, 3.8) is 0 Å². The molecule has 0 spiro atoms. The molecule has 0 bridgehead atoms. The molecule has 1 rings (SSSR count). The molecule has 2 N–H and O–H groups in total. The third kappa shape index (κ3) is 2.12. The minimum absolute atomic E-state index is 0.427. The van der Waals surface area contributed by atoms with E-state index in [1.165, 1.54) is 0 Å². The summed E-state index contributed by atoms with van der Waals surface area (Å²) in [6, 6.07) is 3.96. The van der Waals surface area contributed by atoms with Crippen LogP contribution in [-0.2, 0) is 0 Å². The van der Waals surface area contributed by atoms with Crippen molar-refractivity contribution in [3.8, 4) is 0 Å². The lowest BCUT2D eigenvalue weighted by atomic mass is 9.84. The third-order valence-electron chi connectivity index (χ3n) is 2.51. The summed E-state index contributed by atoms with van der Waals surface area (Å²) in [4.78, 5) is 0. The quantitative estimate of drug-likeness (QED) is 0.558. The molecule has 2 heteroatoms. The van der Waals surface area contributed by atoms with Gasteiger partial charge in [-0.15, -0.1) is 0 Å². The Bertz CT molecular complexity index is 300. The van der Waals surface area contributed by atoms with E-state index >= 15 is 0 Å². The average molecular weight is 187 g/mol. The minimum Gasteiger partial charge on any atom is -0.398 e. The molecule has 0 fully saturated rings. The standard InChI is InChI=1S/C12H18BN/c1-7(2)10-5-9(13)6-11(8(3)4)12(10)14/h5-8H,14H2,1-4H3. The Hall–Kier alpha value is -0.915. The number of hydrogen-bond donors (Lipinski definition) is 1. The van der Waals surface area contributed by atoms with Gasteiger partial charge in [-0.3, -0.25) is 0 Å². The SMILES string of the molecule is [B]c1cc(C(C)C)c(N)c(C(C)C)c1. The van der Waals surface area contributed by atoms with Crippen LogP contribution in [0.2, 0.25) is 0 Å². The first-order valence-electron chi connectivity index (χ1n) is 5.12. The molecule has 0 saturated carbocycles. The Balaban J connectivity index is 3.32. The normalized spacial score (nSPS) is 11.3. The van der Waals surface area contributed by atoms with Gasteiger partial charge in [0.1, 0.15) is 7.85 Å². The van der Waals surface area contributed by atoms with Gasteiger partial charge in [0.25, 0.3) is 0 Å². The summed E-state index contributed by atoms with van der Waals surface area (Å²) in [7, 11) is 5.85. The fourth-order valence-corrected chi connectivity index (χ4v) is 1.68. The van der Waals surface area contributed by atoms with Crippen LogP contribution in [0.3, 0.4) is 0 Å². The summed E-state index contributed by atoms with van der Waals surface area (Å²) >= 11 is 0. The average Bonchev–Trinajstić information content (AvgIpc) is 2.07. The van der Waals surface area contributed by atoms with Crippen LogP contribution in [0.1, 0.15) is 50.7 Å². The summed E-state index contributed by atoms with van der Waals surface area (Å²) < 4.78 is 0. The van der Waals surface area contributed by atoms with E-state index < -0.39 is 0 Å². The van der Waals surface area contributed by atoms with E-state index in [-0.39, 0.29) is 0 Å². The zero-order chi connectivity index (χ0) is 10.9. The molecular weight excluding hydrogens is 169 g/mol. The molecule has 0 aliphatic heterocycles. The highest BCUT2D eigenvalue weighted by Crippen LogP contribution is 2.28. The van der Waals surface area contributed by atoms with Crippen molar-refractivity contribution < 1.29 is 0 Å². The van der Waals surface area contributed by atoms with Crippen molar-refractivity contribution in [1.29, 1.82) is 0 Å². The lowest BCUT2D eigenvalue weighted by molar-refractivity contribution is 0.842. The van der Waals surface area contributed by atoms with E-state index in [4.69, 9.17) is 13.6 Å². The van der Waals surface area contributed by atoms with Crippen molar-refractivity contribution in [2.45, 2.75) is 39.5 Å². The van der Waals surface area contributed by atoms with Crippen LogP contribution < -0.4 is 11.2 Å². The molecule has 74 valence electrons. The summed E-state index contributed by atoms with van der Waals surface area (Å²) in [5, 5.41) is 0. The topological polar surface area (TPSA) is 26.0 Å².